The number of rotatable bonds is 2. The third-order valence-corrected chi connectivity index (χ3v) is 2.24. The number of fused-ring (bicyclic) bond motifs is 1. The van der Waals surface area contributed by atoms with E-state index in [2.05, 4.69) is 18.1 Å². The van der Waals surface area contributed by atoms with E-state index in [1.54, 1.807) is 6.20 Å². The van der Waals surface area contributed by atoms with Crippen LogP contribution in [-0.2, 0) is 6.54 Å². The minimum Gasteiger partial charge on any atom is -0.265 e. The normalized spacial score (nSPS) is 10.3. The van der Waals surface area contributed by atoms with E-state index in [1.807, 2.05) is 22.9 Å². The average Bonchev–Trinajstić information content (AvgIpc) is 2.62. The van der Waals surface area contributed by atoms with E-state index in [-0.39, 0.29) is 0 Å². The fourth-order valence-electron chi connectivity index (χ4n) is 1.59. The van der Waals surface area contributed by atoms with Crippen LogP contribution in [0, 0.1) is 11.3 Å². The fourth-order valence-corrected chi connectivity index (χ4v) is 1.59. The van der Waals surface area contributed by atoms with Gasteiger partial charge in [-0.1, -0.05) is 13.0 Å². The minimum absolute atomic E-state index is 0.699. The van der Waals surface area contributed by atoms with E-state index >= 15 is 0 Å². The second-order valence-corrected chi connectivity index (χ2v) is 3.22. The van der Waals surface area contributed by atoms with Crippen LogP contribution in [-0.4, -0.2) is 9.78 Å². The maximum Gasteiger partial charge on any atom is 0.0999 e. The van der Waals surface area contributed by atoms with Crippen molar-refractivity contribution in [3.63, 3.8) is 0 Å². The van der Waals surface area contributed by atoms with Crippen molar-refractivity contribution in [2.45, 2.75) is 19.9 Å². The molecule has 1 aromatic heterocycles. The summed E-state index contributed by atoms with van der Waals surface area (Å²) in [5, 5.41) is 14.1. The zero-order valence-corrected chi connectivity index (χ0v) is 8.07. The van der Waals surface area contributed by atoms with Crippen LogP contribution in [0.2, 0.25) is 0 Å². The van der Waals surface area contributed by atoms with Crippen molar-refractivity contribution in [3.8, 4) is 6.07 Å². The summed E-state index contributed by atoms with van der Waals surface area (Å²) in [5.41, 5.74) is 1.75. The molecule has 0 fully saturated rings. The van der Waals surface area contributed by atoms with Gasteiger partial charge in [0.15, 0.2) is 0 Å². The molecule has 70 valence electrons. The number of hydrogen-bond donors (Lipinski definition) is 0. The molecule has 0 aliphatic rings. The first kappa shape index (κ1) is 8.76. The van der Waals surface area contributed by atoms with Gasteiger partial charge in [0.2, 0.25) is 0 Å². The van der Waals surface area contributed by atoms with Gasteiger partial charge in [-0.25, -0.2) is 0 Å². The summed E-state index contributed by atoms with van der Waals surface area (Å²) in [4.78, 5) is 0. The van der Waals surface area contributed by atoms with Gasteiger partial charge in [0, 0.05) is 11.9 Å². The van der Waals surface area contributed by atoms with E-state index < -0.39 is 0 Å². The quantitative estimate of drug-likeness (QED) is 0.720. The molecule has 1 aromatic carbocycles. The molecular weight excluding hydrogens is 174 g/mol. The first-order chi connectivity index (χ1) is 6.86. The molecule has 2 rings (SSSR count). The molecule has 0 radical (unpaired) electrons. The molecule has 3 nitrogen and oxygen atoms in total. The lowest BCUT2D eigenvalue weighted by Crippen LogP contribution is -1.97. The molecule has 2 aromatic rings. The molecule has 0 saturated carbocycles. The summed E-state index contributed by atoms with van der Waals surface area (Å²) in [5.74, 6) is 0. The lowest BCUT2D eigenvalue weighted by molar-refractivity contribution is 0.622. The highest BCUT2D eigenvalue weighted by atomic mass is 15.3. The lowest BCUT2D eigenvalue weighted by Gasteiger charge is -1.99. The van der Waals surface area contributed by atoms with E-state index in [0.717, 1.165) is 23.9 Å². The smallest absolute Gasteiger partial charge is 0.0999 e. The Hall–Kier alpha value is -1.82. The second kappa shape index (κ2) is 3.51. The van der Waals surface area contributed by atoms with Crippen molar-refractivity contribution in [1.29, 1.82) is 5.26 Å². The van der Waals surface area contributed by atoms with Gasteiger partial charge in [0.1, 0.15) is 0 Å². The van der Waals surface area contributed by atoms with Crippen LogP contribution in [0.25, 0.3) is 10.9 Å². The van der Waals surface area contributed by atoms with Crippen molar-refractivity contribution in [1.82, 2.24) is 9.78 Å². The molecule has 0 aliphatic heterocycles. The Bertz CT molecular complexity index is 491. The maximum absolute atomic E-state index is 8.89. The van der Waals surface area contributed by atoms with Crippen LogP contribution < -0.4 is 0 Å². The van der Waals surface area contributed by atoms with Crippen LogP contribution in [0.15, 0.2) is 24.4 Å². The number of nitriles is 1. The van der Waals surface area contributed by atoms with Crippen LogP contribution >= 0.6 is 0 Å². The van der Waals surface area contributed by atoms with E-state index in [0.29, 0.717) is 5.56 Å². The summed E-state index contributed by atoms with van der Waals surface area (Å²) in [6.45, 7) is 3.01. The topological polar surface area (TPSA) is 41.6 Å². The summed E-state index contributed by atoms with van der Waals surface area (Å²) >= 11 is 0. The lowest BCUT2D eigenvalue weighted by atomic mass is 10.1. The third kappa shape index (κ3) is 1.25. The molecule has 0 amide bonds. The van der Waals surface area contributed by atoms with Gasteiger partial charge in [0.05, 0.1) is 23.3 Å². The van der Waals surface area contributed by atoms with Crippen molar-refractivity contribution in [2.75, 3.05) is 0 Å². The van der Waals surface area contributed by atoms with E-state index in [1.165, 1.54) is 0 Å². The third-order valence-electron chi connectivity index (χ3n) is 2.24. The molecule has 0 spiro atoms. The predicted molar refractivity (Wildman–Crippen MR) is 54.7 cm³/mol. The first-order valence-electron chi connectivity index (χ1n) is 4.71. The minimum atomic E-state index is 0.699. The fraction of sp³-hybridized carbons (Fsp3) is 0.273. The summed E-state index contributed by atoms with van der Waals surface area (Å²) < 4.78 is 1.94. The van der Waals surface area contributed by atoms with Gasteiger partial charge in [-0.05, 0) is 18.6 Å². The van der Waals surface area contributed by atoms with Crippen molar-refractivity contribution >= 4 is 10.9 Å². The predicted octanol–water partition coefficient (Wildman–Crippen LogP) is 2.32. The SMILES string of the molecule is CCCn1ncc2c(C#N)cccc21. The number of aryl methyl sites for hydroxylation is 1. The molecule has 0 N–H and O–H groups in total. The van der Waals surface area contributed by atoms with Gasteiger partial charge in [-0.2, -0.15) is 10.4 Å². The molecule has 3 heteroatoms. The Morgan fingerprint density at radius 1 is 1.50 bits per heavy atom. The molecule has 0 atom stereocenters. The zero-order chi connectivity index (χ0) is 9.97. The molecule has 0 aliphatic carbocycles. The molecular formula is C11H11N3. The Morgan fingerprint density at radius 3 is 3.07 bits per heavy atom. The standard InChI is InChI=1S/C11H11N3/c1-2-6-14-11-5-3-4-9(7-12)10(11)8-13-14/h3-5,8H,2,6H2,1H3. The average molecular weight is 185 g/mol. The zero-order valence-electron chi connectivity index (χ0n) is 8.07. The van der Waals surface area contributed by atoms with Crippen LogP contribution in [0.3, 0.4) is 0 Å². The van der Waals surface area contributed by atoms with E-state index in [4.69, 9.17) is 5.26 Å². The van der Waals surface area contributed by atoms with Gasteiger partial charge >= 0.3 is 0 Å². The highest BCUT2D eigenvalue weighted by Crippen LogP contribution is 2.17. The van der Waals surface area contributed by atoms with Gasteiger partial charge < -0.3 is 0 Å². The summed E-state index contributed by atoms with van der Waals surface area (Å²) in [6, 6.07) is 7.89. The first-order valence-corrected chi connectivity index (χ1v) is 4.71. The highest BCUT2D eigenvalue weighted by molar-refractivity contribution is 5.84. The Labute approximate surface area is 82.6 Å². The Balaban J connectivity index is 2.65. The van der Waals surface area contributed by atoms with Gasteiger partial charge in [-0.3, -0.25) is 4.68 Å². The van der Waals surface area contributed by atoms with Crippen LogP contribution in [0.4, 0.5) is 0 Å². The second-order valence-electron chi connectivity index (χ2n) is 3.22. The Kier molecular flexibility index (Phi) is 2.19. The number of benzene rings is 1. The molecule has 14 heavy (non-hydrogen) atoms. The number of nitrogens with zero attached hydrogens (tertiary/aromatic N) is 3. The monoisotopic (exact) mass is 185 g/mol. The van der Waals surface area contributed by atoms with Crippen LogP contribution in [0.1, 0.15) is 18.9 Å². The summed E-state index contributed by atoms with van der Waals surface area (Å²) in [6.07, 6.45) is 2.82. The van der Waals surface area contributed by atoms with Gasteiger partial charge in [0.25, 0.3) is 0 Å². The molecule has 1 heterocycles. The van der Waals surface area contributed by atoms with Crippen molar-refractivity contribution in [2.24, 2.45) is 0 Å². The largest absolute Gasteiger partial charge is 0.265 e. The van der Waals surface area contributed by atoms with Crippen molar-refractivity contribution < 1.29 is 0 Å². The van der Waals surface area contributed by atoms with Gasteiger partial charge in [-0.15, -0.1) is 0 Å². The van der Waals surface area contributed by atoms with E-state index in [9.17, 15) is 0 Å². The Morgan fingerprint density at radius 2 is 2.36 bits per heavy atom. The summed E-state index contributed by atoms with van der Waals surface area (Å²) in [7, 11) is 0. The maximum atomic E-state index is 8.89. The van der Waals surface area contributed by atoms with Crippen LogP contribution in [0.5, 0.6) is 0 Å². The molecule has 0 saturated heterocycles. The highest BCUT2D eigenvalue weighted by Gasteiger charge is 2.04. The molecule has 0 unspecified atom stereocenters. The number of hydrogen-bond acceptors (Lipinski definition) is 2. The number of aromatic nitrogens is 2. The van der Waals surface area contributed by atoms with Crippen molar-refractivity contribution in [3.05, 3.63) is 30.0 Å². The molecule has 0 bridgehead atoms.